The molecule has 0 saturated carbocycles. The van der Waals surface area contributed by atoms with Crippen LogP contribution in [0.1, 0.15) is 17.9 Å². The van der Waals surface area contributed by atoms with Crippen LogP contribution >= 0.6 is 11.8 Å². The van der Waals surface area contributed by atoms with Crippen molar-refractivity contribution in [2.24, 2.45) is 0 Å². The van der Waals surface area contributed by atoms with Crippen molar-refractivity contribution in [1.82, 2.24) is 5.32 Å². The molecule has 1 N–H and O–H groups in total. The van der Waals surface area contributed by atoms with Crippen molar-refractivity contribution >= 4 is 17.5 Å². The van der Waals surface area contributed by atoms with Crippen molar-refractivity contribution in [3.05, 3.63) is 35.6 Å². The summed E-state index contributed by atoms with van der Waals surface area (Å²) in [6, 6.07) is 6.33. The van der Waals surface area contributed by atoms with Gasteiger partial charge in [-0.25, -0.2) is 4.39 Å². The Kier molecular flexibility index (Phi) is 3.07. The Balaban J connectivity index is 2.07. The fourth-order valence-corrected chi connectivity index (χ4v) is 2.86. The molecule has 2 atom stereocenters. The standard InChI is InChI=1S/C11H12FNOS/c1-7(14)10-6-15-11(13-10)8-2-4-9(12)5-3-8/h2-5,10-11,13H,6H2,1H3/t10-,11?/m0/s1. The first-order valence-electron chi connectivity index (χ1n) is 4.80. The average molecular weight is 225 g/mol. The van der Waals surface area contributed by atoms with Crippen LogP contribution in [-0.2, 0) is 4.79 Å². The lowest BCUT2D eigenvalue weighted by Gasteiger charge is -2.11. The molecule has 0 aliphatic carbocycles. The zero-order valence-electron chi connectivity index (χ0n) is 8.37. The molecule has 1 fully saturated rings. The van der Waals surface area contributed by atoms with Gasteiger partial charge in [-0.1, -0.05) is 12.1 Å². The van der Waals surface area contributed by atoms with Gasteiger partial charge in [0, 0.05) is 5.75 Å². The number of nitrogens with one attached hydrogen (secondary N) is 1. The highest BCUT2D eigenvalue weighted by Gasteiger charge is 2.27. The Morgan fingerprint density at radius 1 is 1.47 bits per heavy atom. The van der Waals surface area contributed by atoms with Gasteiger partial charge in [0.05, 0.1) is 11.4 Å². The normalized spacial score (nSPS) is 25.5. The zero-order valence-corrected chi connectivity index (χ0v) is 9.18. The van der Waals surface area contributed by atoms with Crippen LogP contribution in [0.15, 0.2) is 24.3 Å². The molecule has 0 aromatic heterocycles. The van der Waals surface area contributed by atoms with E-state index in [0.29, 0.717) is 0 Å². The Morgan fingerprint density at radius 2 is 2.13 bits per heavy atom. The molecule has 2 rings (SSSR count). The third-order valence-electron chi connectivity index (χ3n) is 2.45. The lowest BCUT2D eigenvalue weighted by atomic mass is 10.2. The molecule has 4 heteroatoms. The van der Waals surface area contributed by atoms with E-state index >= 15 is 0 Å². The van der Waals surface area contributed by atoms with Gasteiger partial charge in [-0.2, -0.15) is 0 Å². The minimum Gasteiger partial charge on any atom is -0.298 e. The second kappa shape index (κ2) is 4.33. The molecule has 1 aromatic carbocycles. The van der Waals surface area contributed by atoms with E-state index in [1.54, 1.807) is 30.8 Å². The van der Waals surface area contributed by atoms with Crippen molar-refractivity contribution < 1.29 is 9.18 Å². The van der Waals surface area contributed by atoms with Crippen LogP contribution < -0.4 is 5.32 Å². The number of ketones is 1. The Labute approximate surface area is 92.3 Å². The molecule has 2 nitrogen and oxygen atoms in total. The second-order valence-electron chi connectivity index (χ2n) is 3.59. The zero-order chi connectivity index (χ0) is 10.8. The summed E-state index contributed by atoms with van der Waals surface area (Å²) < 4.78 is 12.7. The Bertz CT molecular complexity index is 365. The summed E-state index contributed by atoms with van der Waals surface area (Å²) in [7, 11) is 0. The van der Waals surface area contributed by atoms with Gasteiger partial charge in [0.1, 0.15) is 11.6 Å². The maximum atomic E-state index is 12.7. The van der Waals surface area contributed by atoms with E-state index in [1.165, 1.54) is 12.1 Å². The molecule has 0 radical (unpaired) electrons. The van der Waals surface area contributed by atoms with Gasteiger partial charge < -0.3 is 0 Å². The van der Waals surface area contributed by atoms with E-state index in [2.05, 4.69) is 5.32 Å². The Hall–Kier alpha value is -0.870. The van der Waals surface area contributed by atoms with E-state index < -0.39 is 0 Å². The summed E-state index contributed by atoms with van der Waals surface area (Å²) >= 11 is 1.68. The molecule has 1 aliphatic rings. The lowest BCUT2D eigenvalue weighted by Crippen LogP contribution is -2.32. The van der Waals surface area contributed by atoms with Crippen LogP contribution in [0.5, 0.6) is 0 Å². The molecule has 1 aliphatic heterocycles. The van der Waals surface area contributed by atoms with Crippen molar-refractivity contribution in [1.29, 1.82) is 0 Å². The van der Waals surface area contributed by atoms with E-state index in [1.807, 2.05) is 0 Å². The van der Waals surface area contributed by atoms with Crippen LogP contribution in [0, 0.1) is 5.82 Å². The molecule has 1 heterocycles. The number of Topliss-reactive ketones (excluding diaryl/α,β-unsaturated/α-hetero) is 1. The molecule has 80 valence electrons. The lowest BCUT2D eigenvalue weighted by molar-refractivity contribution is -0.118. The van der Waals surface area contributed by atoms with Gasteiger partial charge >= 0.3 is 0 Å². The molecule has 0 bridgehead atoms. The number of carbonyl (C=O) groups is 1. The smallest absolute Gasteiger partial charge is 0.147 e. The van der Waals surface area contributed by atoms with Crippen LogP contribution in [0.2, 0.25) is 0 Å². The predicted octanol–water partition coefficient (Wildman–Crippen LogP) is 2.12. The first kappa shape index (κ1) is 10.6. The van der Waals surface area contributed by atoms with Gasteiger partial charge in [-0.3, -0.25) is 10.1 Å². The number of carbonyl (C=O) groups excluding carboxylic acids is 1. The van der Waals surface area contributed by atoms with Gasteiger partial charge in [-0.05, 0) is 24.6 Å². The van der Waals surface area contributed by atoms with Crippen LogP contribution in [0.4, 0.5) is 4.39 Å². The minimum absolute atomic E-state index is 0.0648. The quantitative estimate of drug-likeness (QED) is 0.836. The SMILES string of the molecule is CC(=O)[C@@H]1CSC(c2ccc(F)cc2)N1. The van der Waals surface area contributed by atoms with E-state index in [0.717, 1.165) is 11.3 Å². The fourth-order valence-electron chi connectivity index (χ4n) is 1.54. The average Bonchev–Trinajstić information content (AvgIpc) is 2.68. The van der Waals surface area contributed by atoms with Gasteiger partial charge in [-0.15, -0.1) is 11.8 Å². The molecule has 1 aromatic rings. The molecule has 1 unspecified atom stereocenters. The van der Waals surface area contributed by atoms with Crippen molar-refractivity contribution in [3.63, 3.8) is 0 Å². The summed E-state index contributed by atoms with van der Waals surface area (Å²) in [5.41, 5.74) is 1.02. The highest BCUT2D eigenvalue weighted by atomic mass is 32.2. The summed E-state index contributed by atoms with van der Waals surface area (Å²) in [6.07, 6.45) is 0. The van der Waals surface area contributed by atoms with Crippen molar-refractivity contribution in [2.75, 3.05) is 5.75 Å². The van der Waals surface area contributed by atoms with Crippen LogP contribution in [0.25, 0.3) is 0 Å². The van der Waals surface area contributed by atoms with E-state index in [9.17, 15) is 9.18 Å². The third kappa shape index (κ3) is 2.38. The number of halogens is 1. The Morgan fingerprint density at radius 3 is 2.67 bits per heavy atom. The van der Waals surface area contributed by atoms with E-state index in [4.69, 9.17) is 0 Å². The number of hydrogen-bond donors (Lipinski definition) is 1. The second-order valence-corrected chi connectivity index (χ2v) is 4.73. The monoisotopic (exact) mass is 225 g/mol. The number of rotatable bonds is 2. The van der Waals surface area contributed by atoms with Crippen molar-refractivity contribution in [3.8, 4) is 0 Å². The molecular formula is C11H12FNOS. The van der Waals surface area contributed by atoms with Gasteiger partial charge in [0.25, 0.3) is 0 Å². The molecule has 15 heavy (non-hydrogen) atoms. The van der Waals surface area contributed by atoms with Gasteiger partial charge in [0.15, 0.2) is 0 Å². The fraction of sp³-hybridized carbons (Fsp3) is 0.364. The minimum atomic E-state index is -0.232. The number of thioether (sulfide) groups is 1. The van der Waals surface area contributed by atoms with Gasteiger partial charge in [0.2, 0.25) is 0 Å². The molecule has 0 spiro atoms. The number of benzene rings is 1. The summed E-state index contributed by atoms with van der Waals surface area (Å²) in [5.74, 6) is 0.717. The molecule has 0 amide bonds. The largest absolute Gasteiger partial charge is 0.298 e. The van der Waals surface area contributed by atoms with E-state index in [-0.39, 0.29) is 23.0 Å². The number of hydrogen-bond acceptors (Lipinski definition) is 3. The topological polar surface area (TPSA) is 29.1 Å². The summed E-state index contributed by atoms with van der Waals surface area (Å²) in [6.45, 7) is 1.59. The first-order valence-corrected chi connectivity index (χ1v) is 5.85. The molecular weight excluding hydrogens is 213 g/mol. The first-order chi connectivity index (χ1) is 7.16. The summed E-state index contributed by atoms with van der Waals surface area (Å²) in [4.78, 5) is 11.1. The molecule has 1 saturated heterocycles. The predicted molar refractivity (Wildman–Crippen MR) is 59.2 cm³/mol. The maximum absolute atomic E-state index is 12.7. The summed E-state index contributed by atoms with van der Waals surface area (Å²) in [5, 5.41) is 3.33. The van der Waals surface area contributed by atoms with Crippen molar-refractivity contribution in [2.45, 2.75) is 18.3 Å². The van der Waals surface area contributed by atoms with Crippen LogP contribution in [-0.4, -0.2) is 17.6 Å². The third-order valence-corrected chi connectivity index (χ3v) is 3.71. The maximum Gasteiger partial charge on any atom is 0.147 e. The highest BCUT2D eigenvalue weighted by molar-refractivity contribution is 7.99. The van der Waals surface area contributed by atoms with Crippen LogP contribution in [0.3, 0.4) is 0 Å². The highest BCUT2D eigenvalue weighted by Crippen LogP contribution is 2.32.